The Balaban J connectivity index is -0.0000000904. The van der Waals surface area contributed by atoms with Gasteiger partial charge in [-0.05, 0) is 20.3 Å². The van der Waals surface area contributed by atoms with Crippen LogP contribution in [0.4, 0.5) is 0 Å². The van der Waals surface area contributed by atoms with Crippen LogP contribution in [-0.2, 0) is 0 Å². The number of hydrogen-bond acceptors (Lipinski definition) is 2. The molecule has 0 unspecified atom stereocenters. The summed E-state index contributed by atoms with van der Waals surface area (Å²) in [5, 5.41) is 0. The third-order valence-electron chi connectivity index (χ3n) is 1.88. The molecule has 0 aromatic carbocycles. The topological polar surface area (TPSA) is 64.4 Å². The van der Waals surface area contributed by atoms with Crippen molar-refractivity contribution in [2.24, 2.45) is 0 Å². The summed E-state index contributed by atoms with van der Waals surface area (Å²) in [5.41, 5.74) is 0. The second kappa shape index (κ2) is 14.8. The first-order chi connectivity index (χ1) is 6.35. The molecule has 0 fully saturated rings. The molecule has 4 nitrogen and oxygen atoms in total. The van der Waals surface area contributed by atoms with E-state index in [1.807, 2.05) is 0 Å². The molecule has 0 aliphatic heterocycles. The van der Waals surface area contributed by atoms with Crippen LogP contribution in [0.5, 0.6) is 0 Å². The minimum Gasteiger partial charge on any atom is -0.870 e. The molecule has 0 amide bonds. The minimum absolute atomic E-state index is 0. The van der Waals surface area contributed by atoms with Crippen molar-refractivity contribution in [1.29, 1.82) is 0 Å². The molecular weight excluding hydrogens is 204 g/mol. The Morgan fingerprint density at radius 2 is 1.12 bits per heavy atom. The van der Waals surface area contributed by atoms with Crippen molar-refractivity contribution in [3.8, 4) is 0 Å². The normalized spacial score (nSPS) is 9.75. The lowest BCUT2D eigenvalue weighted by Gasteiger charge is -2.14. The molecule has 0 aliphatic carbocycles. The summed E-state index contributed by atoms with van der Waals surface area (Å²) < 4.78 is 1.00. The first-order valence-electron chi connectivity index (χ1n) is 5.97. The van der Waals surface area contributed by atoms with Gasteiger partial charge in [0.1, 0.15) is 0 Å². The predicted octanol–water partition coefficient (Wildman–Crippen LogP) is 0.680. The van der Waals surface area contributed by atoms with Crippen molar-refractivity contribution in [3.63, 3.8) is 0 Å². The Morgan fingerprint density at radius 1 is 0.812 bits per heavy atom. The van der Waals surface area contributed by atoms with Gasteiger partial charge in [0.25, 0.3) is 0 Å². The second-order valence-corrected chi connectivity index (χ2v) is 5.24. The van der Waals surface area contributed by atoms with Crippen molar-refractivity contribution < 1.29 is 20.3 Å². The molecule has 0 saturated heterocycles. The van der Waals surface area contributed by atoms with Gasteiger partial charge in [-0.2, -0.15) is 0 Å². The molecule has 0 rings (SSSR count). The lowest BCUT2D eigenvalue weighted by Crippen LogP contribution is -3.11. The Kier molecular flexibility index (Phi) is 23.1. The Hall–Kier alpha value is -0.160. The van der Waals surface area contributed by atoms with Crippen LogP contribution >= 0.6 is 0 Å². The fourth-order valence-corrected chi connectivity index (χ4v) is 1.03. The summed E-state index contributed by atoms with van der Waals surface area (Å²) in [4.78, 5) is 1.73. The maximum Gasteiger partial charge on any atom is 0.0770 e. The highest BCUT2D eigenvalue weighted by molar-refractivity contribution is 4.28. The summed E-state index contributed by atoms with van der Waals surface area (Å²) in [6.45, 7) is 10.7. The van der Waals surface area contributed by atoms with Crippen LogP contribution in [0, 0.1) is 0 Å². The molecule has 0 heterocycles. The summed E-state index contributed by atoms with van der Waals surface area (Å²) in [7, 11) is 8.50. The van der Waals surface area contributed by atoms with Gasteiger partial charge in [0.2, 0.25) is 0 Å². The number of hydrogen-bond donors (Lipinski definition) is 1. The van der Waals surface area contributed by atoms with E-state index in [2.05, 4.69) is 49.0 Å². The largest absolute Gasteiger partial charge is 0.870 e. The summed E-state index contributed by atoms with van der Waals surface area (Å²) in [6.07, 6.45) is 2.72. The number of nitrogens with zero attached hydrogens (tertiary/aromatic N) is 1. The third-order valence-corrected chi connectivity index (χ3v) is 1.88. The van der Waals surface area contributed by atoms with Crippen molar-refractivity contribution in [2.45, 2.75) is 33.6 Å². The van der Waals surface area contributed by atoms with Gasteiger partial charge in [-0.1, -0.05) is 13.3 Å². The number of nitrogens with one attached hydrogen (secondary N) is 1. The summed E-state index contributed by atoms with van der Waals surface area (Å²) >= 11 is 0. The van der Waals surface area contributed by atoms with Crippen LogP contribution in [0.1, 0.15) is 33.6 Å². The van der Waals surface area contributed by atoms with Crippen LogP contribution in [-0.4, -0.2) is 63.3 Å². The molecule has 16 heavy (non-hydrogen) atoms. The second-order valence-electron chi connectivity index (χ2n) is 5.24. The van der Waals surface area contributed by atoms with Crippen LogP contribution in [0.2, 0.25) is 0 Å². The quantitative estimate of drug-likeness (QED) is 0.716. The molecule has 0 bridgehead atoms. The molecule has 104 valence electrons. The Morgan fingerprint density at radius 3 is 1.31 bits per heavy atom. The highest BCUT2D eigenvalue weighted by Crippen LogP contribution is 1.78. The molecule has 0 spiro atoms. The average Bonchev–Trinajstić information content (AvgIpc) is 2.04. The molecule has 3 N–H and O–H groups in total. The van der Waals surface area contributed by atoms with E-state index in [1.54, 1.807) is 4.90 Å². The van der Waals surface area contributed by atoms with Crippen molar-refractivity contribution in [2.75, 3.05) is 47.8 Å². The maximum absolute atomic E-state index is 2.26. The number of quaternary nitrogens is 2. The molecule has 0 aliphatic rings. The lowest BCUT2D eigenvalue weighted by molar-refractivity contribution is -0.896. The molecule has 0 atom stereocenters. The third kappa shape index (κ3) is 37.1. The zero-order valence-electron chi connectivity index (χ0n) is 12.4. The predicted molar refractivity (Wildman–Crippen MR) is 69.6 cm³/mol. The van der Waals surface area contributed by atoms with Gasteiger partial charge in [-0.25, -0.2) is 0 Å². The first-order valence-corrected chi connectivity index (χ1v) is 5.97. The number of rotatable bonds is 5. The number of unbranched alkanes of at least 4 members (excludes halogenated alkanes) is 1. The zero-order chi connectivity index (χ0) is 11.6. The Labute approximate surface area is 102 Å². The van der Waals surface area contributed by atoms with Crippen molar-refractivity contribution in [1.82, 2.24) is 0 Å². The molecule has 0 radical (unpaired) electrons. The van der Waals surface area contributed by atoms with Crippen LogP contribution in [0.25, 0.3) is 0 Å². The smallest absolute Gasteiger partial charge is 0.0770 e. The monoisotopic (exact) mass is 238 g/mol. The van der Waals surface area contributed by atoms with E-state index in [-0.39, 0.29) is 11.0 Å². The molecule has 0 saturated carbocycles. The van der Waals surface area contributed by atoms with E-state index in [0.717, 1.165) is 4.48 Å². The fourth-order valence-electron chi connectivity index (χ4n) is 1.03. The lowest BCUT2D eigenvalue weighted by atomic mass is 10.3. The van der Waals surface area contributed by atoms with Gasteiger partial charge in [0, 0.05) is 0 Å². The van der Waals surface area contributed by atoms with E-state index < -0.39 is 0 Å². The molecule has 0 aromatic rings. The van der Waals surface area contributed by atoms with Gasteiger partial charge in [-0.3, -0.25) is 0 Å². The van der Waals surface area contributed by atoms with Gasteiger partial charge >= 0.3 is 0 Å². The van der Waals surface area contributed by atoms with E-state index in [4.69, 9.17) is 0 Å². The first kappa shape index (κ1) is 24.9. The van der Waals surface area contributed by atoms with E-state index >= 15 is 0 Å². The van der Waals surface area contributed by atoms with E-state index in [9.17, 15) is 0 Å². The highest BCUT2D eigenvalue weighted by Gasteiger charge is 1.98. The van der Waals surface area contributed by atoms with Gasteiger partial charge in [0.05, 0.1) is 47.8 Å². The van der Waals surface area contributed by atoms with Crippen LogP contribution < -0.4 is 4.90 Å². The van der Waals surface area contributed by atoms with E-state index in [1.165, 1.54) is 32.5 Å². The van der Waals surface area contributed by atoms with Crippen molar-refractivity contribution >= 4 is 0 Å². The highest BCUT2D eigenvalue weighted by atomic mass is 16.0. The average molecular weight is 238 g/mol. The summed E-state index contributed by atoms with van der Waals surface area (Å²) in [6, 6.07) is 0. The minimum atomic E-state index is 0. The van der Waals surface area contributed by atoms with Crippen LogP contribution in [0.15, 0.2) is 0 Å². The van der Waals surface area contributed by atoms with Crippen LogP contribution in [0.3, 0.4) is 0 Å². The standard InChI is InChI=1S/C8H19N.C4H12N.2H2O/c1-4-7-8-9(5-2)6-3;1-5(2,3)4;;/h4-8H2,1-3H3;1-4H3;2*1H2/q;+1;;/p-1. The molecular formula is C12H34N2O2. The SMILES string of the molecule is CCCC[NH+](CC)CC.C[N+](C)(C)C.[OH-].[OH-]. The van der Waals surface area contributed by atoms with Crippen molar-refractivity contribution in [3.05, 3.63) is 0 Å². The summed E-state index contributed by atoms with van der Waals surface area (Å²) in [5.74, 6) is 0. The molecule has 4 heteroatoms. The van der Waals surface area contributed by atoms with E-state index in [0.29, 0.717) is 0 Å². The fraction of sp³-hybridized carbons (Fsp3) is 1.00. The Bertz CT molecular complexity index is 104. The van der Waals surface area contributed by atoms with Gasteiger partial charge < -0.3 is 20.3 Å². The van der Waals surface area contributed by atoms with Gasteiger partial charge in [-0.15, -0.1) is 0 Å². The zero-order valence-corrected chi connectivity index (χ0v) is 12.4. The van der Waals surface area contributed by atoms with Gasteiger partial charge in [0.15, 0.2) is 0 Å². The molecule has 0 aromatic heterocycles. The maximum atomic E-state index is 2.26.